The Morgan fingerprint density at radius 2 is 0.597 bits per heavy atom. The zero-order chi connectivity index (χ0) is 43.7. The van der Waals surface area contributed by atoms with Gasteiger partial charge in [-0.1, -0.05) is 164 Å². The molecule has 0 unspecified atom stereocenters. The Kier molecular flexibility index (Phi) is 7.69. The molecular weight excluding hydrogens is 833 g/mol. The molecule has 0 saturated heterocycles. The van der Waals surface area contributed by atoms with Crippen molar-refractivity contribution >= 4 is 118 Å². The van der Waals surface area contributed by atoms with E-state index in [1.807, 2.05) is 23.5 Å². The monoisotopic (exact) mass is 868 g/mol. The first-order valence-corrected chi connectivity index (χ1v) is 23.7. The number of fused-ring (bicyclic) bond motifs is 13. The lowest BCUT2D eigenvalue weighted by Gasteiger charge is -2.19. The van der Waals surface area contributed by atoms with Crippen LogP contribution in [0.4, 0.5) is 0 Å². The number of furan rings is 2. The molecule has 0 N–H and O–H groups in total. The van der Waals surface area contributed by atoms with Gasteiger partial charge in [0.1, 0.15) is 22.3 Å². The van der Waals surface area contributed by atoms with Crippen LogP contribution in [-0.2, 0) is 0 Å². The number of hydrogen-bond acceptors (Lipinski definition) is 3. The molecule has 0 amide bonds. The van der Waals surface area contributed by atoms with E-state index in [2.05, 4.69) is 206 Å². The molecular formula is C64H36O2S. The molecule has 0 fully saturated rings. The second kappa shape index (κ2) is 14.0. The average molecular weight is 869 g/mol. The second-order valence-corrected chi connectivity index (χ2v) is 18.9. The Hall–Kier alpha value is -8.50. The predicted molar refractivity (Wildman–Crippen MR) is 286 cm³/mol. The Morgan fingerprint density at radius 3 is 1.04 bits per heavy atom. The van der Waals surface area contributed by atoms with Crippen LogP contribution in [0.15, 0.2) is 227 Å². The quantitative estimate of drug-likeness (QED) is 0.165. The molecule has 0 spiro atoms. The molecule has 0 aliphatic rings. The van der Waals surface area contributed by atoms with Gasteiger partial charge in [-0.05, 0) is 142 Å². The van der Waals surface area contributed by atoms with Gasteiger partial charge in [-0.3, -0.25) is 0 Å². The number of hydrogen-bond donors (Lipinski definition) is 0. The van der Waals surface area contributed by atoms with E-state index in [4.69, 9.17) is 8.83 Å². The molecule has 67 heavy (non-hydrogen) atoms. The minimum atomic E-state index is 0.906. The summed E-state index contributed by atoms with van der Waals surface area (Å²) < 4.78 is 15.1. The van der Waals surface area contributed by atoms with Gasteiger partial charge in [0.25, 0.3) is 0 Å². The van der Waals surface area contributed by atoms with Crippen molar-refractivity contribution in [2.24, 2.45) is 0 Å². The first kappa shape index (κ1) is 36.8. The fraction of sp³-hybridized carbons (Fsp3) is 0. The lowest BCUT2D eigenvalue weighted by molar-refractivity contribution is 0.668. The van der Waals surface area contributed by atoms with Gasteiger partial charge in [-0.2, -0.15) is 0 Å². The van der Waals surface area contributed by atoms with Crippen molar-refractivity contribution in [3.05, 3.63) is 218 Å². The number of thiophene rings is 1. The lowest BCUT2D eigenvalue weighted by Crippen LogP contribution is -1.91. The molecule has 0 saturated carbocycles. The molecule has 0 atom stereocenters. The van der Waals surface area contributed by atoms with Crippen LogP contribution in [0.2, 0.25) is 0 Å². The first-order valence-electron chi connectivity index (χ1n) is 22.9. The Balaban J connectivity index is 0.970. The van der Waals surface area contributed by atoms with E-state index >= 15 is 0 Å². The average Bonchev–Trinajstić information content (AvgIpc) is 4.08. The summed E-state index contributed by atoms with van der Waals surface area (Å²) >= 11 is 1.88. The van der Waals surface area contributed by atoms with E-state index in [9.17, 15) is 0 Å². The third-order valence-electron chi connectivity index (χ3n) is 14.2. The van der Waals surface area contributed by atoms with Crippen LogP contribution in [0.25, 0.3) is 152 Å². The van der Waals surface area contributed by atoms with Crippen LogP contribution >= 0.6 is 11.3 Å². The van der Waals surface area contributed by atoms with E-state index in [1.54, 1.807) is 0 Å². The molecule has 2 nitrogen and oxygen atoms in total. The van der Waals surface area contributed by atoms with Gasteiger partial charge in [-0.15, -0.1) is 11.3 Å². The molecule has 0 aliphatic carbocycles. The Bertz CT molecular complexity index is 4470. The summed E-state index contributed by atoms with van der Waals surface area (Å²) in [4.78, 5) is 0. The number of rotatable bonds is 4. The molecule has 0 bridgehead atoms. The molecule has 15 aromatic rings. The minimum absolute atomic E-state index is 0.906. The van der Waals surface area contributed by atoms with Crippen molar-refractivity contribution < 1.29 is 8.83 Å². The van der Waals surface area contributed by atoms with Crippen LogP contribution in [0, 0.1) is 0 Å². The maximum absolute atomic E-state index is 6.29. The molecule has 310 valence electrons. The highest BCUT2D eigenvalue weighted by Gasteiger charge is 2.23. The van der Waals surface area contributed by atoms with Crippen molar-refractivity contribution in [2.45, 2.75) is 0 Å². The van der Waals surface area contributed by atoms with Gasteiger partial charge in [0.2, 0.25) is 0 Å². The zero-order valence-electron chi connectivity index (χ0n) is 36.0. The molecule has 0 aliphatic heterocycles. The summed E-state index contributed by atoms with van der Waals surface area (Å²) in [6.45, 7) is 0. The molecule has 12 aromatic carbocycles. The normalized spacial score (nSPS) is 12.2. The smallest absolute Gasteiger partial charge is 0.135 e. The van der Waals surface area contributed by atoms with E-state index in [0.29, 0.717) is 0 Å². The highest BCUT2D eigenvalue weighted by atomic mass is 32.1. The standard InChI is InChI=1S/C64H36O2S/c1-3-18-44-42(16-1)60(37-28-31-56-51(34-37)40-14-9-11-25-54(40)65-56)43-17-2-4-19-45(43)62(44)39-30-33-58-53(36-39)64-50(24-13-27-59(64)67-58)63-48-22-7-5-20-46(48)61(47-21-6-8-23-49(47)63)38-29-32-57-52(35-38)41-15-10-12-26-55(41)66-57/h1-36H. The first-order chi connectivity index (χ1) is 33.2. The minimum Gasteiger partial charge on any atom is -0.456 e. The van der Waals surface area contributed by atoms with Crippen molar-refractivity contribution in [2.75, 3.05) is 0 Å². The summed E-state index contributed by atoms with van der Waals surface area (Å²) in [5, 5.41) is 17.0. The van der Waals surface area contributed by atoms with Crippen LogP contribution < -0.4 is 0 Å². The third-order valence-corrected chi connectivity index (χ3v) is 15.4. The maximum atomic E-state index is 6.29. The van der Waals surface area contributed by atoms with Gasteiger partial charge in [0.15, 0.2) is 0 Å². The van der Waals surface area contributed by atoms with E-state index in [1.165, 1.54) is 108 Å². The van der Waals surface area contributed by atoms with Gasteiger partial charge >= 0.3 is 0 Å². The fourth-order valence-electron chi connectivity index (χ4n) is 11.4. The number of benzene rings is 12. The molecule has 3 heteroatoms. The Morgan fingerprint density at radius 1 is 0.239 bits per heavy atom. The number of para-hydroxylation sites is 2. The van der Waals surface area contributed by atoms with Gasteiger partial charge in [-0.25, -0.2) is 0 Å². The Labute approximate surface area is 388 Å². The van der Waals surface area contributed by atoms with Crippen LogP contribution in [-0.4, -0.2) is 0 Å². The summed E-state index contributed by atoms with van der Waals surface area (Å²) in [7, 11) is 0. The summed E-state index contributed by atoms with van der Waals surface area (Å²) in [6.07, 6.45) is 0. The van der Waals surface area contributed by atoms with Gasteiger partial charge in [0, 0.05) is 41.7 Å². The summed E-state index contributed by atoms with van der Waals surface area (Å²) in [5.74, 6) is 0. The van der Waals surface area contributed by atoms with E-state index < -0.39 is 0 Å². The fourth-order valence-corrected chi connectivity index (χ4v) is 12.5. The van der Waals surface area contributed by atoms with E-state index in [-0.39, 0.29) is 0 Å². The molecule has 15 rings (SSSR count). The lowest BCUT2D eigenvalue weighted by atomic mass is 9.84. The van der Waals surface area contributed by atoms with Crippen LogP contribution in [0.1, 0.15) is 0 Å². The van der Waals surface area contributed by atoms with Crippen LogP contribution in [0.3, 0.4) is 0 Å². The summed E-state index contributed by atoms with van der Waals surface area (Å²) in [6, 6.07) is 80.0. The largest absolute Gasteiger partial charge is 0.456 e. The maximum Gasteiger partial charge on any atom is 0.135 e. The third kappa shape index (κ3) is 5.32. The van der Waals surface area contributed by atoms with Crippen molar-refractivity contribution in [1.82, 2.24) is 0 Å². The predicted octanol–water partition coefficient (Wildman–Crippen LogP) is 19.1. The SMILES string of the molecule is c1ccc2c(c1)oc1ccc(-c3c4ccccc4c(-c4ccc5sc6cccc(-c7c8ccccc8c(-c8ccc9oc%10ccccc%10c9c8)c8ccccc78)c6c5c4)c4ccccc34)cc12. The highest BCUT2D eigenvalue weighted by Crippen LogP contribution is 2.50. The second-order valence-electron chi connectivity index (χ2n) is 17.8. The zero-order valence-corrected chi connectivity index (χ0v) is 36.8. The van der Waals surface area contributed by atoms with Crippen LogP contribution in [0.5, 0.6) is 0 Å². The van der Waals surface area contributed by atoms with Crippen molar-refractivity contribution in [1.29, 1.82) is 0 Å². The van der Waals surface area contributed by atoms with E-state index in [0.717, 1.165) is 43.9 Å². The van der Waals surface area contributed by atoms with Crippen molar-refractivity contribution in [3.63, 3.8) is 0 Å². The molecule has 3 heterocycles. The van der Waals surface area contributed by atoms with Gasteiger partial charge in [0.05, 0.1) is 0 Å². The molecule has 3 aromatic heterocycles. The highest BCUT2D eigenvalue weighted by molar-refractivity contribution is 7.26. The topological polar surface area (TPSA) is 26.3 Å². The summed E-state index contributed by atoms with van der Waals surface area (Å²) in [5.41, 5.74) is 13.5. The molecule has 0 radical (unpaired) electrons. The van der Waals surface area contributed by atoms with Crippen molar-refractivity contribution in [3.8, 4) is 44.5 Å². The van der Waals surface area contributed by atoms with Gasteiger partial charge < -0.3 is 8.83 Å².